The molecule has 0 aromatic heterocycles. The minimum absolute atomic E-state index is 0.520. The van der Waals surface area contributed by atoms with E-state index in [-0.39, 0.29) is 0 Å². The average molecular weight is 276 g/mol. The van der Waals surface area contributed by atoms with Crippen molar-refractivity contribution < 1.29 is 4.74 Å². The van der Waals surface area contributed by atoms with Gasteiger partial charge in [0.2, 0.25) is 0 Å². The van der Waals surface area contributed by atoms with Gasteiger partial charge < -0.3 is 15.4 Å². The van der Waals surface area contributed by atoms with Gasteiger partial charge in [-0.05, 0) is 63.3 Å². The molecule has 1 aromatic rings. The third-order valence-corrected chi connectivity index (χ3v) is 3.81. The van der Waals surface area contributed by atoms with Crippen LogP contribution in [0.3, 0.4) is 0 Å². The molecular formula is C17H28N2O. The van der Waals surface area contributed by atoms with Gasteiger partial charge in [-0.1, -0.05) is 12.1 Å². The van der Waals surface area contributed by atoms with E-state index >= 15 is 0 Å². The number of hydrogen-bond acceptors (Lipinski definition) is 3. The van der Waals surface area contributed by atoms with E-state index in [0.717, 1.165) is 39.1 Å². The van der Waals surface area contributed by atoms with Gasteiger partial charge in [0.15, 0.2) is 0 Å². The predicted molar refractivity (Wildman–Crippen MR) is 85.5 cm³/mol. The first-order valence-electron chi connectivity index (χ1n) is 7.96. The number of ether oxygens (including phenoxy) is 1. The van der Waals surface area contributed by atoms with Gasteiger partial charge in [0.25, 0.3) is 0 Å². The minimum atomic E-state index is 0.520. The van der Waals surface area contributed by atoms with Crippen molar-refractivity contribution in [2.24, 2.45) is 0 Å². The fourth-order valence-corrected chi connectivity index (χ4v) is 2.75. The van der Waals surface area contributed by atoms with Crippen molar-refractivity contribution in [1.82, 2.24) is 5.32 Å². The van der Waals surface area contributed by atoms with Crippen molar-refractivity contribution >= 4 is 5.69 Å². The highest BCUT2D eigenvalue weighted by atomic mass is 16.5. The molecule has 0 amide bonds. The number of anilines is 1. The van der Waals surface area contributed by atoms with Crippen LogP contribution >= 0.6 is 0 Å². The summed E-state index contributed by atoms with van der Waals surface area (Å²) in [6.07, 6.45) is 4.65. The van der Waals surface area contributed by atoms with Gasteiger partial charge in [-0.2, -0.15) is 0 Å². The van der Waals surface area contributed by atoms with Gasteiger partial charge in [-0.3, -0.25) is 0 Å². The van der Waals surface area contributed by atoms with Crippen LogP contribution in [-0.2, 0) is 17.6 Å². The molecule has 0 saturated carbocycles. The standard InChI is InChI=1S/C17H28N2O/c1-3-20-11-5-10-18-14(2)12-15-7-8-17-16(13-15)6-4-9-19-17/h7-8,13-14,18-19H,3-6,9-12H2,1-2H3. The summed E-state index contributed by atoms with van der Waals surface area (Å²) in [5.74, 6) is 0. The first kappa shape index (κ1) is 15.3. The number of benzene rings is 1. The van der Waals surface area contributed by atoms with E-state index in [9.17, 15) is 0 Å². The van der Waals surface area contributed by atoms with E-state index in [2.05, 4.69) is 35.8 Å². The van der Waals surface area contributed by atoms with Gasteiger partial charge >= 0.3 is 0 Å². The van der Waals surface area contributed by atoms with E-state index in [1.165, 1.54) is 29.7 Å². The summed E-state index contributed by atoms with van der Waals surface area (Å²) in [4.78, 5) is 0. The molecule has 1 unspecified atom stereocenters. The van der Waals surface area contributed by atoms with Crippen molar-refractivity contribution in [2.75, 3.05) is 31.6 Å². The fourth-order valence-electron chi connectivity index (χ4n) is 2.75. The quantitative estimate of drug-likeness (QED) is 0.716. The lowest BCUT2D eigenvalue weighted by atomic mass is 9.98. The highest BCUT2D eigenvalue weighted by molar-refractivity contribution is 5.54. The maximum atomic E-state index is 5.35. The van der Waals surface area contributed by atoms with Crippen LogP contribution in [0.5, 0.6) is 0 Å². The first-order chi connectivity index (χ1) is 9.79. The molecule has 2 N–H and O–H groups in total. The number of aryl methyl sites for hydroxylation is 1. The van der Waals surface area contributed by atoms with E-state index in [4.69, 9.17) is 4.74 Å². The van der Waals surface area contributed by atoms with E-state index < -0.39 is 0 Å². The zero-order valence-corrected chi connectivity index (χ0v) is 12.9. The Morgan fingerprint density at radius 2 is 2.30 bits per heavy atom. The molecule has 1 aliphatic rings. The smallest absolute Gasteiger partial charge is 0.0477 e. The molecule has 0 radical (unpaired) electrons. The molecule has 0 spiro atoms. The van der Waals surface area contributed by atoms with Crippen molar-refractivity contribution in [2.45, 2.75) is 45.6 Å². The van der Waals surface area contributed by atoms with E-state index in [1.54, 1.807) is 0 Å². The van der Waals surface area contributed by atoms with Crippen LogP contribution in [-0.4, -0.2) is 32.3 Å². The lowest BCUT2D eigenvalue weighted by molar-refractivity contribution is 0.144. The van der Waals surface area contributed by atoms with Crippen LogP contribution in [0.4, 0.5) is 5.69 Å². The molecule has 1 heterocycles. The largest absolute Gasteiger partial charge is 0.385 e. The Hall–Kier alpha value is -1.06. The van der Waals surface area contributed by atoms with Crippen LogP contribution in [0.1, 0.15) is 37.8 Å². The summed E-state index contributed by atoms with van der Waals surface area (Å²) < 4.78 is 5.35. The van der Waals surface area contributed by atoms with Crippen LogP contribution in [0.2, 0.25) is 0 Å². The first-order valence-corrected chi connectivity index (χ1v) is 7.96. The Kier molecular flexibility index (Phi) is 6.34. The summed E-state index contributed by atoms with van der Waals surface area (Å²) >= 11 is 0. The molecule has 2 rings (SSSR count). The fraction of sp³-hybridized carbons (Fsp3) is 0.647. The molecule has 3 heteroatoms. The molecule has 1 atom stereocenters. The summed E-state index contributed by atoms with van der Waals surface area (Å²) in [6.45, 7) is 8.14. The topological polar surface area (TPSA) is 33.3 Å². The molecule has 0 aliphatic carbocycles. The second-order valence-corrected chi connectivity index (χ2v) is 5.63. The molecule has 3 nitrogen and oxygen atoms in total. The highest BCUT2D eigenvalue weighted by Gasteiger charge is 2.10. The van der Waals surface area contributed by atoms with Crippen molar-refractivity contribution in [1.29, 1.82) is 0 Å². The average Bonchev–Trinajstić information content (AvgIpc) is 2.47. The third kappa shape index (κ3) is 4.80. The second kappa shape index (κ2) is 8.28. The van der Waals surface area contributed by atoms with Gasteiger partial charge in [0, 0.05) is 31.5 Å². The molecular weight excluding hydrogens is 248 g/mol. The molecule has 0 fully saturated rings. The summed E-state index contributed by atoms with van der Waals surface area (Å²) in [5, 5.41) is 7.04. The Bertz CT molecular complexity index is 406. The summed E-state index contributed by atoms with van der Waals surface area (Å²) in [6, 6.07) is 7.40. The van der Waals surface area contributed by atoms with Crippen molar-refractivity contribution in [3.8, 4) is 0 Å². The van der Waals surface area contributed by atoms with Crippen LogP contribution in [0.15, 0.2) is 18.2 Å². The minimum Gasteiger partial charge on any atom is -0.385 e. The SMILES string of the molecule is CCOCCCNC(C)Cc1ccc2c(c1)CCCN2. The van der Waals surface area contributed by atoms with Gasteiger partial charge in [-0.25, -0.2) is 0 Å². The molecule has 1 aromatic carbocycles. The van der Waals surface area contributed by atoms with E-state index in [0.29, 0.717) is 6.04 Å². The zero-order chi connectivity index (χ0) is 14.2. The molecule has 0 saturated heterocycles. The Morgan fingerprint density at radius 3 is 3.15 bits per heavy atom. The molecule has 112 valence electrons. The Labute approximate surface area is 123 Å². The van der Waals surface area contributed by atoms with Gasteiger partial charge in [0.05, 0.1) is 0 Å². The van der Waals surface area contributed by atoms with E-state index in [1.807, 2.05) is 6.92 Å². The summed E-state index contributed by atoms with van der Waals surface area (Å²) in [7, 11) is 0. The van der Waals surface area contributed by atoms with Crippen molar-refractivity contribution in [3.63, 3.8) is 0 Å². The monoisotopic (exact) mass is 276 g/mol. The number of rotatable bonds is 8. The molecule has 20 heavy (non-hydrogen) atoms. The number of hydrogen-bond donors (Lipinski definition) is 2. The third-order valence-electron chi connectivity index (χ3n) is 3.81. The Morgan fingerprint density at radius 1 is 1.40 bits per heavy atom. The molecule has 1 aliphatic heterocycles. The lowest BCUT2D eigenvalue weighted by Gasteiger charge is -2.20. The molecule has 0 bridgehead atoms. The number of nitrogens with one attached hydrogen (secondary N) is 2. The van der Waals surface area contributed by atoms with Crippen molar-refractivity contribution in [3.05, 3.63) is 29.3 Å². The Balaban J connectivity index is 1.75. The normalized spacial score (nSPS) is 15.5. The summed E-state index contributed by atoms with van der Waals surface area (Å²) in [5.41, 5.74) is 4.26. The second-order valence-electron chi connectivity index (χ2n) is 5.63. The number of fused-ring (bicyclic) bond motifs is 1. The van der Waals surface area contributed by atoms with Gasteiger partial charge in [-0.15, -0.1) is 0 Å². The highest BCUT2D eigenvalue weighted by Crippen LogP contribution is 2.23. The van der Waals surface area contributed by atoms with Crippen LogP contribution in [0.25, 0.3) is 0 Å². The zero-order valence-electron chi connectivity index (χ0n) is 12.9. The maximum Gasteiger partial charge on any atom is 0.0477 e. The van der Waals surface area contributed by atoms with Crippen LogP contribution < -0.4 is 10.6 Å². The van der Waals surface area contributed by atoms with Gasteiger partial charge in [0.1, 0.15) is 0 Å². The predicted octanol–water partition coefficient (Wildman–Crippen LogP) is 2.99. The van der Waals surface area contributed by atoms with Crippen LogP contribution in [0, 0.1) is 0 Å². The lowest BCUT2D eigenvalue weighted by Crippen LogP contribution is -2.29. The maximum absolute atomic E-state index is 5.35.